The van der Waals surface area contributed by atoms with Crippen LogP contribution in [0.15, 0.2) is 0 Å². The van der Waals surface area contributed by atoms with Crippen molar-refractivity contribution in [3.05, 3.63) is 0 Å². The summed E-state index contributed by atoms with van der Waals surface area (Å²) in [6.45, 7) is 5.29. The van der Waals surface area contributed by atoms with Crippen LogP contribution in [0.1, 0.15) is 59.3 Å². The molecule has 4 nitrogen and oxygen atoms in total. The summed E-state index contributed by atoms with van der Waals surface area (Å²) in [7, 11) is 0. The minimum Gasteiger partial charge on any atom is -0.391 e. The molecule has 18 heavy (non-hydrogen) atoms. The van der Waals surface area contributed by atoms with Gasteiger partial charge in [0.05, 0.1) is 17.7 Å². The summed E-state index contributed by atoms with van der Waals surface area (Å²) in [5.74, 6) is 0.445. The van der Waals surface area contributed by atoms with E-state index in [4.69, 9.17) is 5.73 Å². The van der Waals surface area contributed by atoms with Gasteiger partial charge < -0.3 is 16.2 Å². The fourth-order valence-electron chi connectivity index (χ4n) is 2.40. The molecule has 106 valence electrons. The number of hydrogen-bond donors (Lipinski definition) is 3. The first-order valence-electron chi connectivity index (χ1n) is 7.08. The van der Waals surface area contributed by atoms with Crippen LogP contribution in [-0.4, -0.2) is 28.7 Å². The highest BCUT2D eigenvalue weighted by Crippen LogP contribution is 2.27. The molecule has 1 saturated carbocycles. The Morgan fingerprint density at radius 1 is 1.39 bits per heavy atom. The van der Waals surface area contributed by atoms with E-state index in [0.717, 1.165) is 6.42 Å². The van der Waals surface area contributed by atoms with Crippen LogP contribution in [0.4, 0.5) is 0 Å². The van der Waals surface area contributed by atoms with E-state index < -0.39 is 17.7 Å². The zero-order valence-electron chi connectivity index (χ0n) is 11.9. The van der Waals surface area contributed by atoms with Crippen molar-refractivity contribution < 1.29 is 9.90 Å². The monoisotopic (exact) mass is 256 g/mol. The third-order valence-electron chi connectivity index (χ3n) is 4.14. The fourth-order valence-corrected chi connectivity index (χ4v) is 2.40. The van der Waals surface area contributed by atoms with E-state index in [1.54, 1.807) is 6.92 Å². The summed E-state index contributed by atoms with van der Waals surface area (Å²) in [5, 5.41) is 12.4. The van der Waals surface area contributed by atoms with Gasteiger partial charge in [0.15, 0.2) is 0 Å². The van der Waals surface area contributed by atoms with Crippen LogP contribution < -0.4 is 11.1 Å². The Kier molecular flexibility index (Phi) is 5.60. The summed E-state index contributed by atoms with van der Waals surface area (Å²) >= 11 is 0. The molecule has 0 spiro atoms. The molecule has 1 amide bonds. The summed E-state index contributed by atoms with van der Waals surface area (Å²) in [4.78, 5) is 12.0. The van der Waals surface area contributed by atoms with E-state index in [1.807, 2.05) is 13.8 Å². The Labute approximate surface area is 110 Å². The van der Waals surface area contributed by atoms with Gasteiger partial charge in [-0.25, -0.2) is 0 Å². The van der Waals surface area contributed by atoms with Crippen LogP contribution >= 0.6 is 0 Å². The van der Waals surface area contributed by atoms with Crippen molar-refractivity contribution in [1.82, 2.24) is 5.32 Å². The van der Waals surface area contributed by atoms with Gasteiger partial charge >= 0.3 is 0 Å². The number of carbonyl (C=O) groups excluding carboxylic acids is 1. The highest BCUT2D eigenvalue weighted by Gasteiger charge is 2.29. The first-order valence-corrected chi connectivity index (χ1v) is 7.08. The van der Waals surface area contributed by atoms with Gasteiger partial charge in [0.25, 0.3) is 0 Å². The number of nitrogens with one attached hydrogen (secondary N) is 1. The maximum atomic E-state index is 12.0. The zero-order valence-corrected chi connectivity index (χ0v) is 11.9. The first-order chi connectivity index (χ1) is 8.33. The van der Waals surface area contributed by atoms with E-state index in [1.165, 1.54) is 32.1 Å². The highest BCUT2D eigenvalue weighted by atomic mass is 16.3. The summed E-state index contributed by atoms with van der Waals surface area (Å²) in [6.07, 6.45) is 6.40. The minimum atomic E-state index is -0.624. The normalized spacial score (nSPS) is 21.4. The predicted molar refractivity (Wildman–Crippen MR) is 73.1 cm³/mol. The molecule has 0 bridgehead atoms. The van der Waals surface area contributed by atoms with E-state index in [-0.39, 0.29) is 5.91 Å². The van der Waals surface area contributed by atoms with Crippen LogP contribution in [-0.2, 0) is 4.79 Å². The van der Waals surface area contributed by atoms with Crippen LogP contribution in [0, 0.1) is 5.92 Å². The summed E-state index contributed by atoms with van der Waals surface area (Å²) in [5.41, 5.74) is 5.34. The number of aliphatic hydroxyl groups is 1. The van der Waals surface area contributed by atoms with E-state index in [2.05, 4.69) is 5.32 Å². The van der Waals surface area contributed by atoms with Gasteiger partial charge in [-0.15, -0.1) is 0 Å². The van der Waals surface area contributed by atoms with Crippen LogP contribution in [0.3, 0.4) is 0 Å². The van der Waals surface area contributed by atoms with Crippen molar-refractivity contribution in [3.63, 3.8) is 0 Å². The van der Waals surface area contributed by atoms with Crippen LogP contribution in [0.25, 0.3) is 0 Å². The lowest BCUT2D eigenvalue weighted by atomic mass is 9.84. The molecular weight excluding hydrogens is 228 g/mol. The third-order valence-corrected chi connectivity index (χ3v) is 4.14. The number of carbonyl (C=O) groups is 1. The molecule has 2 atom stereocenters. The molecule has 1 rings (SSSR count). The highest BCUT2D eigenvalue weighted by molar-refractivity contribution is 5.82. The minimum absolute atomic E-state index is 0.147. The quantitative estimate of drug-likeness (QED) is 0.698. The van der Waals surface area contributed by atoms with Gasteiger partial charge in [-0.3, -0.25) is 4.79 Å². The molecule has 0 saturated heterocycles. The van der Waals surface area contributed by atoms with Crippen molar-refractivity contribution in [3.8, 4) is 0 Å². The molecule has 0 aromatic carbocycles. The molecule has 1 aliphatic rings. The van der Waals surface area contributed by atoms with Crippen molar-refractivity contribution >= 4 is 5.91 Å². The molecule has 0 aromatic heterocycles. The fraction of sp³-hybridized carbons (Fsp3) is 0.929. The lowest BCUT2D eigenvalue weighted by Gasteiger charge is -2.31. The second-order valence-corrected chi connectivity index (χ2v) is 6.23. The molecule has 0 radical (unpaired) electrons. The van der Waals surface area contributed by atoms with Gasteiger partial charge in [0, 0.05) is 0 Å². The van der Waals surface area contributed by atoms with E-state index >= 15 is 0 Å². The average molecular weight is 256 g/mol. The van der Waals surface area contributed by atoms with Crippen LogP contribution in [0.2, 0.25) is 0 Å². The van der Waals surface area contributed by atoms with Crippen molar-refractivity contribution in [2.24, 2.45) is 11.7 Å². The molecule has 4 heteroatoms. The number of nitrogens with two attached hydrogens (primary N) is 1. The Bertz CT molecular complexity index is 271. The summed E-state index contributed by atoms with van der Waals surface area (Å²) in [6, 6.07) is -0.453. The Hall–Kier alpha value is -0.610. The number of amides is 1. The number of hydrogen-bond acceptors (Lipinski definition) is 3. The number of aliphatic hydroxyl groups excluding tert-OH is 1. The SMILES string of the molecule is CC(O)C(C)(C)NC(=O)C(N)CC1CCCCC1. The van der Waals surface area contributed by atoms with Crippen LogP contribution in [0.5, 0.6) is 0 Å². The molecule has 0 aromatic rings. The van der Waals surface area contributed by atoms with Gasteiger partial charge in [0.2, 0.25) is 5.91 Å². The van der Waals surface area contributed by atoms with Gasteiger partial charge in [0.1, 0.15) is 0 Å². The average Bonchev–Trinajstić information content (AvgIpc) is 2.29. The van der Waals surface area contributed by atoms with E-state index in [0.29, 0.717) is 5.92 Å². The Balaban J connectivity index is 2.41. The lowest BCUT2D eigenvalue weighted by molar-refractivity contribution is -0.125. The molecular formula is C14H28N2O2. The van der Waals surface area contributed by atoms with Crippen molar-refractivity contribution in [2.75, 3.05) is 0 Å². The molecule has 0 heterocycles. The second-order valence-electron chi connectivity index (χ2n) is 6.23. The maximum Gasteiger partial charge on any atom is 0.237 e. The summed E-state index contributed by atoms with van der Waals surface area (Å²) < 4.78 is 0. The van der Waals surface area contributed by atoms with Gasteiger partial charge in [-0.05, 0) is 33.1 Å². The Morgan fingerprint density at radius 2 is 1.94 bits per heavy atom. The molecule has 4 N–H and O–H groups in total. The molecule has 1 fully saturated rings. The Morgan fingerprint density at radius 3 is 2.44 bits per heavy atom. The smallest absolute Gasteiger partial charge is 0.237 e. The van der Waals surface area contributed by atoms with E-state index in [9.17, 15) is 9.90 Å². The topological polar surface area (TPSA) is 75.3 Å². The molecule has 0 aliphatic heterocycles. The standard InChI is InChI=1S/C14H28N2O2/c1-10(17)14(2,3)16-13(18)12(15)9-11-7-5-4-6-8-11/h10-12,17H,4-9,15H2,1-3H3,(H,16,18). The van der Waals surface area contributed by atoms with Gasteiger partial charge in [-0.2, -0.15) is 0 Å². The van der Waals surface area contributed by atoms with Crippen molar-refractivity contribution in [1.29, 1.82) is 0 Å². The lowest BCUT2D eigenvalue weighted by Crippen LogP contribution is -2.55. The second kappa shape index (κ2) is 6.53. The zero-order chi connectivity index (χ0) is 13.8. The van der Waals surface area contributed by atoms with Crippen molar-refractivity contribution in [2.45, 2.75) is 77.0 Å². The van der Waals surface area contributed by atoms with Gasteiger partial charge in [-0.1, -0.05) is 32.1 Å². The first kappa shape index (κ1) is 15.4. The third kappa shape index (κ3) is 4.58. The molecule has 1 aliphatic carbocycles. The largest absolute Gasteiger partial charge is 0.391 e. The maximum absolute atomic E-state index is 12.0. The number of rotatable bonds is 5. The molecule has 2 unspecified atom stereocenters. The predicted octanol–water partition coefficient (Wildman–Crippen LogP) is 1.56.